The maximum Gasteiger partial charge on any atom is 0.0594 e. The van der Waals surface area contributed by atoms with Crippen LogP contribution in [0, 0.1) is 5.92 Å². The van der Waals surface area contributed by atoms with Crippen molar-refractivity contribution >= 4 is 11.3 Å². The summed E-state index contributed by atoms with van der Waals surface area (Å²) in [7, 11) is 0. The average Bonchev–Trinajstić information content (AvgIpc) is 2.90. The summed E-state index contributed by atoms with van der Waals surface area (Å²) in [6.45, 7) is 11.9. The Balaban J connectivity index is 1.86. The molecular formula is C15H26N2OS. The number of nitrogens with zero attached hydrogens (tertiary/aromatic N) is 1. The van der Waals surface area contributed by atoms with Gasteiger partial charge in [-0.15, -0.1) is 11.3 Å². The Labute approximate surface area is 121 Å². The van der Waals surface area contributed by atoms with E-state index in [1.807, 2.05) is 11.3 Å². The van der Waals surface area contributed by atoms with Crippen LogP contribution in [0.1, 0.15) is 31.7 Å². The van der Waals surface area contributed by atoms with Crippen LogP contribution < -0.4 is 5.32 Å². The zero-order valence-electron chi connectivity index (χ0n) is 12.3. The van der Waals surface area contributed by atoms with Gasteiger partial charge < -0.3 is 10.1 Å². The van der Waals surface area contributed by atoms with Gasteiger partial charge in [0.25, 0.3) is 0 Å². The van der Waals surface area contributed by atoms with Gasteiger partial charge in [-0.3, -0.25) is 4.90 Å². The summed E-state index contributed by atoms with van der Waals surface area (Å²) in [5.74, 6) is 0.616. The van der Waals surface area contributed by atoms with Gasteiger partial charge in [0, 0.05) is 36.6 Å². The number of rotatable bonds is 6. The predicted octanol–water partition coefficient (Wildman–Crippen LogP) is 2.76. The number of ether oxygens (including phenoxy) is 1. The number of hydrogen-bond donors (Lipinski definition) is 1. The van der Waals surface area contributed by atoms with E-state index in [4.69, 9.17) is 4.74 Å². The molecular weight excluding hydrogens is 256 g/mol. The lowest BCUT2D eigenvalue weighted by molar-refractivity contribution is 0.0335. The Morgan fingerprint density at radius 3 is 2.63 bits per heavy atom. The fourth-order valence-corrected chi connectivity index (χ4v) is 3.56. The van der Waals surface area contributed by atoms with Gasteiger partial charge in [0.2, 0.25) is 0 Å². The van der Waals surface area contributed by atoms with Crippen LogP contribution in [0.15, 0.2) is 17.5 Å². The molecule has 108 valence electrons. The molecule has 2 rings (SSSR count). The van der Waals surface area contributed by atoms with Crippen LogP contribution in [-0.2, 0) is 4.74 Å². The van der Waals surface area contributed by atoms with Crippen molar-refractivity contribution in [1.82, 2.24) is 10.2 Å². The third-order valence-electron chi connectivity index (χ3n) is 3.62. The van der Waals surface area contributed by atoms with E-state index in [0.29, 0.717) is 18.0 Å². The highest BCUT2D eigenvalue weighted by molar-refractivity contribution is 7.10. The summed E-state index contributed by atoms with van der Waals surface area (Å²) in [6, 6.07) is 5.36. The number of nitrogens with one attached hydrogen (secondary N) is 1. The van der Waals surface area contributed by atoms with Crippen LogP contribution >= 0.6 is 11.3 Å². The van der Waals surface area contributed by atoms with Crippen LogP contribution in [0.4, 0.5) is 0 Å². The molecule has 2 unspecified atom stereocenters. The van der Waals surface area contributed by atoms with Crippen molar-refractivity contribution in [2.45, 2.75) is 32.9 Å². The largest absolute Gasteiger partial charge is 0.379 e. The second kappa shape index (κ2) is 7.39. The monoisotopic (exact) mass is 282 g/mol. The van der Waals surface area contributed by atoms with Gasteiger partial charge in [0.1, 0.15) is 0 Å². The van der Waals surface area contributed by atoms with Crippen molar-refractivity contribution in [2.24, 2.45) is 5.92 Å². The van der Waals surface area contributed by atoms with Crippen molar-refractivity contribution < 1.29 is 4.74 Å². The number of hydrogen-bond acceptors (Lipinski definition) is 4. The molecule has 0 amide bonds. The molecule has 1 saturated heterocycles. The predicted molar refractivity (Wildman–Crippen MR) is 81.8 cm³/mol. The first-order valence-corrected chi connectivity index (χ1v) is 8.14. The van der Waals surface area contributed by atoms with E-state index in [0.717, 1.165) is 32.8 Å². The van der Waals surface area contributed by atoms with Crippen LogP contribution in [0.5, 0.6) is 0 Å². The first-order valence-electron chi connectivity index (χ1n) is 7.26. The van der Waals surface area contributed by atoms with Crippen molar-refractivity contribution in [3.05, 3.63) is 22.4 Å². The normalized spacial score (nSPS) is 20.6. The van der Waals surface area contributed by atoms with Crippen LogP contribution in [0.25, 0.3) is 0 Å². The summed E-state index contributed by atoms with van der Waals surface area (Å²) in [5, 5.41) is 5.96. The molecule has 1 fully saturated rings. The minimum atomic E-state index is 0.469. The lowest BCUT2D eigenvalue weighted by Gasteiger charge is -2.32. The Kier molecular flexibility index (Phi) is 5.82. The van der Waals surface area contributed by atoms with Crippen LogP contribution in [-0.4, -0.2) is 43.8 Å². The second-order valence-corrected chi connectivity index (χ2v) is 6.70. The molecule has 4 heteroatoms. The van der Waals surface area contributed by atoms with E-state index in [1.54, 1.807) is 0 Å². The fourth-order valence-electron chi connectivity index (χ4n) is 2.60. The molecule has 19 heavy (non-hydrogen) atoms. The lowest BCUT2D eigenvalue weighted by Crippen LogP contribution is -2.45. The maximum absolute atomic E-state index is 5.40. The van der Waals surface area contributed by atoms with E-state index in [-0.39, 0.29) is 0 Å². The molecule has 1 N–H and O–H groups in total. The summed E-state index contributed by atoms with van der Waals surface area (Å²) in [5.41, 5.74) is 0. The molecule has 0 bridgehead atoms. The number of thiophene rings is 1. The van der Waals surface area contributed by atoms with E-state index in [1.165, 1.54) is 4.88 Å². The smallest absolute Gasteiger partial charge is 0.0594 e. The third kappa shape index (κ3) is 4.56. The Hall–Kier alpha value is -0.420. The number of morpholine rings is 1. The molecule has 3 nitrogen and oxygen atoms in total. The fraction of sp³-hybridized carbons (Fsp3) is 0.733. The topological polar surface area (TPSA) is 24.5 Å². The Bertz CT molecular complexity index is 347. The lowest BCUT2D eigenvalue weighted by atomic mass is 10.0. The quantitative estimate of drug-likeness (QED) is 0.868. The van der Waals surface area contributed by atoms with Crippen molar-refractivity contribution in [3.8, 4) is 0 Å². The van der Waals surface area contributed by atoms with Gasteiger partial charge in [0.05, 0.1) is 13.2 Å². The Morgan fingerprint density at radius 2 is 2.05 bits per heavy atom. The van der Waals surface area contributed by atoms with Crippen LogP contribution in [0.2, 0.25) is 0 Å². The van der Waals surface area contributed by atoms with E-state index < -0.39 is 0 Å². The molecule has 0 aliphatic carbocycles. The van der Waals surface area contributed by atoms with Gasteiger partial charge in [-0.25, -0.2) is 0 Å². The van der Waals surface area contributed by atoms with Gasteiger partial charge in [-0.05, 0) is 24.3 Å². The summed E-state index contributed by atoms with van der Waals surface area (Å²) >= 11 is 1.85. The summed E-state index contributed by atoms with van der Waals surface area (Å²) in [6.07, 6.45) is 0. The molecule has 2 heterocycles. The minimum Gasteiger partial charge on any atom is -0.379 e. The molecule has 1 aromatic rings. The molecule has 1 aliphatic rings. The molecule has 0 radical (unpaired) electrons. The Morgan fingerprint density at radius 1 is 1.32 bits per heavy atom. The highest BCUT2D eigenvalue weighted by Gasteiger charge is 2.20. The van der Waals surface area contributed by atoms with E-state index in [9.17, 15) is 0 Å². The third-order valence-corrected chi connectivity index (χ3v) is 4.57. The summed E-state index contributed by atoms with van der Waals surface area (Å²) < 4.78 is 5.40. The minimum absolute atomic E-state index is 0.469. The highest BCUT2D eigenvalue weighted by atomic mass is 32.1. The first kappa shape index (κ1) is 15.0. The highest BCUT2D eigenvalue weighted by Crippen LogP contribution is 2.26. The SMILES string of the molecule is CC(CN1CCOCC1)NC(c1cccs1)C(C)C. The maximum atomic E-state index is 5.40. The molecule has 1 aromatic heterocycles. The molecule has 0 aromatic carbocycles. The van der Waals surface area contributed by atoms with Crippen LogP contribution in [0.3, 0.4) is 0 Å². The van der Waals surface area contributed by atoms with E-state index >= 15 is 0 Å². The van der Waals surface area contributed by atoms with E-state index in [2.05, 4.69) is 48.5 Å². The first-order chi connectivity index (χ1) is 9.16. The van der Waals surface area contributed by atoms with Gasteiger partial charge in [0.15, 0.2) is 0 Å². The zero-order chi connectivity index (χ0) is 13.7. The van der Waals surface area contributed by atoms with Gasteiger partial charge in [-0.1, -0.05) is 19.9 Å². The van der Waals surface area contributed by atoms with Crippen molar-refractivity contribution in [1.29, 1.82) is 0 Å². The average molecular weight is 282 g/mol. The zero-order valence-corrected chi connectivity index (χ0v) is 13.1. The molecule has 2 atom stereocenters. The van der Waals surface area contributed by atoms with Crippen molar-refractivity contribution in [3.63, 3.8) is 0 Å². The molecule has 1 aliphatic heterocycles. The van der Waals surface area contributed by atoms with Gasteiger partial charge >= 0.3 is 0 Å². The molecule has 0 saturated carbocycles. The second-order valence-electron chi connectivity index (χ2n) is 5.72. The van der Waals surface area contributed by atoms with Gasteiger partial charge in [-0.2, -0.15) is 0 Å². The standard InChI is InChI=1S/C15H26N2OS/c1-12(2)15(14-5-4-10-19-14)16-13(3)11-17-6-8-18-9-7-17/h4-5,10,12-13,15-16H,6-9,11H2,1-3H3. The van der Waals surface area contributed by atoms with Crippen molar-refractivity contribution in [2.75, 3.05) is 32.8 Å². The molecule has 0 spiro atoms. The summed E-state index contributed by atoms with van der Waals surface area (Å²) in [4.78, 5) is 3.94.